The van der Waals surface area contributed by atoms with Crippen LogP contribution in [0.2, 0.25) is 0 Å². The summed E-state index contributed by atoms with van der Waals surface area (Å²) in [5, 5.41) is 30.9. The van der Waals surface area contributed by atoms with Crippen molar-refractivity contribution < 1.29 is 39.1 Å². The first-order valence-corrected chi connectivity index (χ1v) is 10.5. The molecule has 2 aromatic rings. The molecule has 1 saturated heterocycles. The van der Waals surface area contributed by atoms with Crippen molar-refractivity contribution in [1.29, 1.82) is 0 Å². The number of benzene rings is 2. The van der Waals surface area contributed by atoms with Crippen LogP contribution in [0.4, 0.5) is 0 Å². The summed E-state index contributed by atoms with van der Waals surface area (Å²) in [4.78, 5) is 11.8. The summed E-state index contributed by atoms with van der Waals surface area (Å²) in [6, 6.07) is 14.9. The Morgan fingerprint density at radius 3 is 2.34 bits per heavy atom. The molecule has 0 radical (unpaired) electrons. The fourth-order valence-corrected chi connectivity index (χ4v) is 3.34. The number of aliphatic hydroxyl groups is 3. The van der Waals surface area contributed by atoms with Gasteiger partial charge in [-0.25, -0.2) is 0 Å². The zero-order chi connectivity index (χ0) is 23.3. The third-order valence-electron chi connectivity index (χ3n) is 5.30. The normalized spacial score (nSPS) is 25.4. The van der Waals surface area contributed by atoms with Crippen molar-refractivity contribution in [3.8, 4) is 11.5 Å². The van der Waals surface area contributed by atoms with Crippen LogP contribution < -0.4 is 9.47 Å². The van der Waals surface area contributed by atoms with E-state index in [0.29, 0.717) is 12.2 Å². The second kappa shape index (κ2) is 10.8. The van der Waals surface area contributed by atoms with Crippen molar-refractivity contribution in [3.05, 3.63) is 59.7 Å². The minimum Gasteiger partial charge on any atom is -0.497 e. The second-order valence-corrected chi connectivity index (χ2v) is 8.05. The third kappa shape index (κ3) is 5.77. The van der Waals surface area contributed by atoms with Gasteiger partial charge in [-0.2, -0.15) is 0 Å². The average Bonchev–Trinajstić information content (AvgIpc) is 2.80. The second-order valence-electron chi connectivity index (χ2n) is 8.05. The van der Waals surface area contributed by atoms with Crippen LogP contribution in [0.25, 0.3) is 0 Å². The SMILES string of the molecule is COc1ccc(Cc2ccccc2O[C@H]2O[C@H](COC(=O)C(C)C)[C@@H](O)[C@H](O)[C@H]2O)cc1. The van der Waals surface area contributed by atoms with Crippen LogP contribution in [-0.2, 0) is 20.7 Å². The molecule has 1 aliphatic rings. The predicted octanol–water partition coefficient (Wildman–Crippen LogP) is 1.67. The lowest BCUT2D eigenvalue weighted by atomic mass is 9.99. The number of hydrogen-bond donors (Lipinski definition) is 3. The Morgan fingerprint density at radius 2 is 1.69 bits per heavy atom. The Balaban J connectivity index is 1.72. The van der Waals surface area contributed by atoms with E-state index in [1.807, 2.05) is 36.4 Å². The van der Waals surface area contributed by atoms with E-state index in [0.717, 1.165) is 16.9 Å². The van der Waals surface area contributed by atoms with Crippen LogP contribution in [0.5, 0.6) is 11.5 Å². The summed E-state index contributed by atoms with van der Waals surface area (Å²) in [5.41, 5.74) is 1.87. The molecule has 0 aliphatic carbocycles. The molecule has 2 aromatic carbocycles. The molecule has 0 bridgehead atoms. The molecule has 174 valence electrons. The van der Waals surface area contributed by atoms with E-state index in [9.17, 15) is 20.1 Å². The van der Waals surface area contributed by atoms with Crippen molar-refractivity contribution in [1.82, 2.24) is 0 Å². The van der Waals surface area contributed by atoms with E-state index in [2.05, 4.69) is 0 Å². The van der Waals surface area contributed by atoms with Gasteiger partial charge in [0.1, 0.15) is 42.5 Å². The summed E-state index contributed by atoms with van der Waals surface area (Å²) < 4.78 is 21.9. The van der Waals surface area contributed by atoms with Gasteiger partial charge in [0, 0.05) is 6.42 Å². The first-order valence-electron chi connectivity index (χ1n) is 10.5. The Kier molecular flexibility index (Phi) is 8.09. The fraction of sp³-hybridized carbons (Fsp3) is 0.458. The topological polar surface area (TPSA) is 115 Å². The van der Waals surface area contributed by atoms with Crippen molar-refractivity contribution in [2.45, 2.75) is 51.0 Å². The molecule has 1 heterocycles. The Bertz CT molecular complexity index is 882. The zero-order valence-electron chi connectivity index (χ0n) is 18.4. The highest BCUT2D eigenvalue weighted by Crippen LogP contribution is 2.28. The molecule has 0 spiro atoms. The van der Waals surface area contributed by atoms with E-state index < -0.39 is 36.7 Å². The summed E-state index contributed by atoms with van der Waals surface area (Å²) in [6.07, 6.45) is -6.19. The number of ether oxygens (including phenoxy) is 4. The smallest absolute Gasteiger partial charge is 0.308 e. The maximum Gasteiger partial charge on any atom is 0.308 e. The van der Waals surface area contributed by atoms with Gasteiger partial charge in [0.15, 0.2) is 0 Å². The van der Waals surface area contributed by atoms with E-state index in [-0.39, 0.29) is 12.5 Å². The van der Waals surface area contributed by atoms with E-state index >= 15 is 0 Å². The molecule has 1 fully saturated rings. The maximum atomic E-state index is 11.8. The van der Waals surface area contributed by atoms with E-state index in [1.54, 1.807) is 33.1 Å². The summed E-state index contributed by atoms with van der Waals surface area (Å²) >= 11 is 0. The highest BCUT2D eigenvalue weighted by atomic mass is 16.7. The molecule has 0 amide bonds. The van der Waals surface area contributed by atoms with Gasteiger partial charge >= 0.3 is 5.97 Å². The minimum absolute atomic E-state index is 0.269. The molecule has 0 saturated carbocycles. The molecular weight excluding hydrogens is 416 g/mol. The number of carbonyl (C=O) groups is 1. The summed E-state index contributed by atoms with van der Waals surface area (Å²) in [5.74, 6) is 0.425. The highest BCUT2D eigenvalue weighted by molar-refractivity contribution is 5.71. The number of hydrogen-bond acceptors (Lipinski definition) is 8. The molecule has 1 aliphatic heterocycles. The lowest BCUT2D eigenvalue weighted by Crippen LogP contribution is -2.60. The quantitative estimate of drug-likeness (QED) is 0.525. The van der Waals surface area contributed by atoms with Gasteiger partial charge in [0.2, 0.25) is 6.29 Å². The number of methoxy groups -OCH3 is 1. The van der Waals surface area contributed by atoms with Gasteiger partial charge in [-0.1, -0.05) is 44.2 Å². The summed E-state index contributed by atoms with van der Waals surface area (Å²) in [6.45, 7) is 3.10. The average molecular weight is 446 g/mol. The standard InChI is InChI=1S/C24H30O8/c1-14(2)23(28)30-13-19-20(25)21(26)22(27)24(32-19)31-18-7-5-4-6-16(18)12-15-8-10-17(29-3)11-9-15/h4-11,14,19-22,24-27H,12-13H2,1-3H3/t19-,20-,21+,22-,24+/m1/s1. The van der Waals surface area contributed by atoms with Gasteiger partial charge in [-0.15, -0.1) is 0 Å². The molecule has 8 heteroatoms. The van der Waals surface area contributed by atoms with Crippen molar-refractivity contribution in [2.24, 2.45) is 5.92 Å². The number of aliphatic hydroxyl groups excluding tert-OH is 3. The monoisotopic (exact) mass is 446 g/mol. The maximum absolute atomic E-state index is 11.8. The Hall–Kier alpha value is -2.65. The van der Waals surface area contributed by atoms with Gasteiger partial charge in [0.05, 0.1) is 13.0 Å². The first-order chi connectivity index (χ1) is 15.3. The molecule has 8 nitrogen and oxygen atoms in total. The number of para-hydroxylation sites is 1. The summed E-state index contributed by atoms with van der Waals surface area (Å²) in [7, 11) is 1.61. The third-order valence-corrected chi connectivity index (χ3v) is 5.30. The molecule has 0 aromatic heterocycles. The molecule has 32 heavy (non-hydrogen) atoms. The fourth-order valence-electron chi connectivity index (χ4n) is 3.34. The van der Waals surface area contributed by atoms with Crippen molar-refractivity contribution >= 4 is 5.97 Å². The lowest BCUT2D eigenvalue weighted by molar-refractivity contribution is -0.278. The van der Waals surface area contributed by atoms with Crippen LogP contribution >= 0.6 is 0 Å². The van der Waals surface area contributed by atoms with Crippen LogP contribution in [-0.4, -0.2) is 65.7 Å². The molecule has 3 rings (SSSR count). The minimum atomic E-state index is -1.52. The van der Waals surface area contributed by atoms with E-state index in [1.165, 1.54) is 0 Å². The van der Waals surface area contributed by atoms with Crippen LogP contribution in [0, 0.1) is 5.92 Å². The largest absolute Gasteiger partial charge is 0.497 e. The van der Waals surface area contributed by atoms with Gasteiger partial charge in [-0.05, 0) is 29.3 Å². The van der Waals surface area contributed by atoms with E-state index in [4.69, 9.17) is 18.9 Å². The Morgan fingerprint density at radius 1 is 1.00 bits per heavy atom. The van der Waals surface area contributed by atoms with Crippen molar-refractivity contribution in [3.63, 3.8) is 0 Å². The number of esters is 1. The molecule has 5 atom stereocenters. The van der Waals surface area contributed by atoms with Crippen molar-refractivity contribution in [2.75, 3.05) is 13.7 Å². The van der Waals surface area contributed by atoms with Crippen LogP contribution in [0.3, 0.4) is 0 Å². The molecule has 3 N–H and O–H groups in total. The van der Waals surface area contributed by atoms with Gasteiger partial charge in [-0.3, -0.25) is 4.79 Å². The predicted molar refractivity (Wildman–Crippen MR) is 115 cm³/mol. The van der Waals surface area contributed by atoms with Gasteiger partial charge in [0.25, 0.3) is 0 Å². The Labute approximate surface area is 187 Å². The number of carbonyl (C=O) groups excluding carboxylic acids is 1. The molecule has 0 unspecified atom stereocenters. The van der Waals surface area contributed by atoms with Gasteiger partial charge < -0.3 is 34.3 Å². The van der Waals surface area contributed by atoms with Crippen LogP contribution in [0.15, 0.2) is 48.5 Å². The molecular formula is C24H30O8. The zero-order valence-corrected chi connectivity index (χ0v) is 18.4. The number of rotatable bonds is 8. The lowest BCUT2D eigenvalue weighted by Gasteiger charge is -2.40. The first kappa shape index (κ1) is 24.0. The van der Waals surface area contributed by atoms with Crippen LogP contribution in [0.1, 0.15) is 25.0 Å². The highest BCUT2D eigenvalue weighted by Gasteiger charge is 2.45.